The summed E-state index contributed by atoms with van der Waals surface area (Å²) in [5.74, 6) is 0.383. The highest BCUT2D eigenvalue weighted by Gasteiger charge is 2.16. The molecule has 27 heavy (non-hydrogen) atoms. The fourth-order valence-corrected chi connectivity index (χ4v) is 3.04. The zero-order valence-corrected chi connectivity index (χ0v) is 17.1. The number of carbonyl (C=O) groups is 1. The molecule has 3 rings (SSSR count). The van der Waals surface area contributed by atoms with Gasteiger partial charge in [-0.2, -0.15) is 0 Å². The minimum Gasteiger partial charge on any atom is -0.492 e. The van der Waals surface area contributed by atoms with Crippen molar-refractivity contribution >= 4 is 33.5 Å². The fourth-order valence-electron chi connectivity index (χ4n) is 2.51. The molecular formula is C22H18BrClO3. The second kappa shape index (κ2) is 9.07. The van der Waals surface area contributed by atoms with E-state index in [1.165, 1.54) is 5.56 Å². The molecule has 0 saturated heterocycles. The number of esters is 1. The van der Waals surface area contributed by atoms with Crippen molar-refractivity contribution in [2.75, 3.05) is 6.61 Å². The molecule has 0 bridgehead atoms. The number of aryl methyl sites for hydroxylation is 1. The lowest BCUT2D eigenvalue weighted by Gasteiger charge is -2.12. The molecule has 3 nitrogen and oxygen atoms in total. The second-order valence-corrected chi connectivity index (χ2v) is 7.35. The van der Waals surface area contributed by atoms with Crippen molar-refractivity contribution in [3.63, 3.8) is 0 Å². The molecule has 0 atom stereocenters. The van der Waals surface area contributed by atoms with E-state index in [0.29, 0.717) is 28.7 Å². The highest BCUT2D eigenvalue weighted by molar-refractivity contribution is 9.10. The first-order valence-electron chi connectivity index (χ1n) is 8.47. The van der Waals surface area contributed by atoms with Crippen LogP contribution in [0.1, 0.15) is 21.5 Å². The molecule has 0 aromatic heterocycles. The van der Waals surface area contributed by atoms with Crippen LogP contribution in [0.4, 0.5) is 0 Å². The van der Waals surface area contributed by atoms with Gasteiger partial charge in [-0.1, -0.05) is 63.9 Å². The van der Waals surface area contributed by atoms with E-state index in [2.05, 4.69) is 15.9 Å². The zero-order chi connectivity index (χ0) is 19.2. The Kier molecular flexibility index (Phi) is 6.54. The van der Waals surface area contributed by atoms with Gasteiger partial charge in [0.05, 0.1) is 6.61 Å². The third-order valence-electron chi connectivity index (χ3n) is 4.01. The normalized spacial score (nSPS) is 10.5. The Labute approximate surface area is 172 Å². The van der Waals surface area contributed by atoms with E-state index in [1.54, 1.807) is 24.3 Å². The SMILES string of the molecule is Cc1ccc(OC(=O)c2cc(Br)ccc2OCCc2ccccc2)cc1Cl. The van der Waals surface area contributed by atoms with Crippen molar-refractivity contribution in [2.45, 2.75) is 13.3 Å². The Morgan fingerprint density at radius 2 is 1.81 bits per heavy atom. The Bertz CT molecular complexity index is 942. The quantitative estimate of drug-likeness (QED) is 0.332. The van der Waals surface area contributed by atoms with E-state index in [1.807, 2.05) is 49.4 Å². The number of rotatable bonds is 6. The maximum atomic E-state index is 12.7. The van der Waals surface area contributed by atoms with E-state index < -0.39 is 5.97 Å². The van der Waals surface area contributed by atoms with Gasteiger partial charge in [0.25, 0.3) is 0 Å². The van der Waals surface area contributed by atoms with Crippen LogP contribution in [0.2, 0.25) is 5.02 Å². The first-order chi connectivity index (χ1) is 13.0. The summed E-state index contributed by atoms with van der Waals surface area (Å²) in [4.78, 5) is 12.7. The lowest BCUT2D eigenvalue weighted by Crippen LogP contribution is -2.12. The summed E-state index contributed by atoms with van der Waals surface area (Å²) in [5.41, 5.74) is 2.45. The molecule has 0 amide bonds. The van der Waals surface area contributed by atoms with Gasteiger partial charge in [0.15, 0.2) is 0 Å². The molecule has 5 heteroatoms. The van der Waals surface area contributed by atoms with Crippen LogP contribution in [-0.2, 0) is 6.42 Å². The summed E-state index contributed by atoms with van der Waals surface area (Å²) in [6.07, 6.45) is 0.749. The number of hydrogen-bond donors (Lipinski definition) is 0. The Balaban J connectivity index is 1.72. The van der Waals surface area contributed by atoms with Crippen molar-refractivity contribution < 1.29 is 14.3 Å². The molecule has 0 unspecified atom stereocenters. The predicted molar refractivity (Wildman–Crippen MR) is 111 cm³/mol. The number of ether oxygens (including phenoxy) is 2. The van der Waals surface area contributed by atoms with Gasteiger partial charge in [-0.3, -0.25) is 0 Å². The number of carbonyl (C=O) groups excluding carboxylic acids is 1. The average molecular weight is 446 g/mol. The summed E-state index contributed by atoms with van der Waals surface area (Å²) in [6.45, 7) is 2.35. The van der Waals surface area contributed by atoms with Gasteiger partial charge in [-0.25, -0.2) is 4.79 Å². The van der Waals surface area contributed by atoms with E-state index in [9.17, 15) is 4.79 Å². The summed E-state index contributed by atoms with van der Waals surface area (Å²) in [5, 5.41) is 0.550. The van der Waals surface area contributed by atoms with Crippen molar-refractivity contribution in [1.82, 2.24) is 0 Å². The minimum atomic E-state index is -0.495. The third-order valence-corrected chi connectivity index (χ3v) is 4.91. The maximum Gasteiger partial charge on any atom is 0.347 e. The molecule has 0 aliphatic heterocycles. The average Bonchev–Trinajstić information content (AvgIpc) is 2.66. The van der Waals surface area contributed by atoms with Gasteiger partial charge in [-0.15, -0.1) is 0 Å². The van der Waals surface area contributed by atoms with E-state index in [4.69, 9.17) is 21.1 Å². The highest BCUT2D eigenvalue weighted by Crippen LogP contribution is 2.27. The van der Waals surface area contributed by atoms with Crippen molar-refractivity contribution in [3.8, 4) is 11.5 Å². The zero-order valence-electron chi connectivity index (χ0n) is 14.7. The molecule has 0 radical (unpaired) electrons. The predicted octanol–water partition coefficient (Wildman–Crippen LogP) is 6.25. The standard InChI is InChI=1S/C22H18BrClO3/c1-15-7-9-18(14-20(15)24)27-22(25)19-13-17(23)8-10-21(19)26-12-11-16-5-3-2-4-6-16/h2-10,13-14H,11-12H2,1H3. The Morgan fingerprint density at radius 3 is 2.56 bits per heavy atom. The molecule has 0 saturated carbocycles. The van der Waals surface area contributed by atoms with E-state index in [0.717, 1.165) is 16.5 Å². The van der Waals surface area contributed by atoms with Gasteiger partial charge in [-0.05, 0) is 48.4 Å². The van der Waals surface area contributed by atoms with Crippen LogP contribution in [0.15, 0.2) is 71.2 Å². The van der Waals surface area contributed by atoms with Gasteiger partial charge in [0, 0.05) is 15.9 Å². The lowest BCUT2D eigenvalue weighted by atomic mass is 10.1. The molecule has 3 aromatic rings. The van der Waals surface area contributed by atoms with Crippen molar-refractivity contribution in [3.05, 3.63) is 92.9 Å². The number of benzene rings is 3. The molecule has 0 fully saturated rings. The first-order valence-corrected chi connectivity index (χ1v) is 9.64. The highest BCUT2D eigenvalue weighted by atomic mass is 79.9. The molecule has 3 aromatic carbocycles. The van der Waals surface area contributed by atoms with Gasteiger partial charge < -0.3 is 9.47 Å². The van der Waals surface area contributed by atoms with Gasteiger partial charge in [0.1, 0.15) is 17.1 Å². The number of halogens is 2. The number of hydrogen-bond acceptors (Lipinski definition) is 3. The third kappa shape index (κ3) is 5.34. The molecule has 0 N–H and O–H groups in total. The molecule has 0 heterocycles. The lowest BCUT2D eigenvalue weighted by molar-refractivity contribution is 0.0730. The molecule has 0 aliphatic carbocycles. The monoisotopic (exact) mass is 444 g/mol. The van der Waals surface area contributed by atoms with Crippen LogP contribution in [0.3, 0.4) is 0 Å². The van der Waals surface area contributed by atoms with E-state index in [-0.39, 0.29) is 0 Å². The summed E-state index contributed by atoms with van der Waals surface area (Å²) in [6, 6.07) is 20.5. The van der Waals surface area contributed by atoms with Crippen LogP contribution in [-0.4, -0.2) is 12.6 Å². The maximum absolute atomic E-state index is 12.7. The molecular weight excluding hydrogens is 428 g/mol. The summed E-state index contributed by atoms with van der Waals surface area (Å²) < 4.78 is 12.1. The summed E-state index contributed by atoms with van der Waals surface area (Å²) >= 11 is 9.49. The Morgan fingerprint density at radius 1 is 1.04 bits per heavy atom. The molecule has 0 spiro atoms. The molecule has 138 valence electrons. The van der Waals surface area contributed by atoms with Crippen LogP contribution in [0, 0.1) is 6.92 Å². The summed E-state index contributed by atoms with van der Waals surface area (Å²) in [7, 11) is 0. The van der Waals surface area contributed by atoms with Crippen LogP contribution in [0.25, 0.3) is 0 Å². The van der Waals surface area contributed by atoms with Crippen molar-refractivity contribution in [1.29, 1.82) is 0 Å². The van der Waals surface area contributed by atoms with Gasteiger partial charge >= 0.3 is 5.97 Å². The first kappa shape index (κ1) is 19.5. The van der Waals surface area contributed by atoms with Crippen molar-refractivity contribution in [2.24, 2.45) is 0 Å². The van der Waals surface area contributed by atoms with Crippen LogP contribution >= 0.6 is 27.5 Å². The van der Waals surface area contributed by atoms with E-state index >= 15 is 0 Å². The minimum absolute atomic E-state index is 0.356. The fraction of sp³-hybridized carbons (Fsp3) is 0.136. The smallest absolute Gasteiger partial charge is 0.347 e. The topological polar surface area (TPSA) is 35.5 Å². The van der Waals surface area contributed by atoms with Crippen LogP contribution < -0.4 is 9.47 Å². The van der Waals surface area contributed by atoms with Crippen LogP contribution in [0.5, 0.6) is 11.5 Å². The largest absolute Gasteiger partial charge is 0.492 e. The van der Waals surface area contributed by atoms with Gasteiger partial charge in [0.2, 0.25) is 0 Å². The Hall–Kier alpha value is -2.30. The molecule has 0 aliphatic rings. The second-order valence-electron chi connectivity index (χ2n) is 6.03.